The molecule has 0 amide bonds. The van der Waals surface area contributed by atoms with Gasteiger partial charge in [0.2, 0.25) is 0 Å². The molecule has 1 saturated carbocycles. The number of rotatable bonds is 5. The average Bonchev–Trinajstić information content (AvgIpc) is 3.13. The zero-order valence-electron chi connectivity index (χ0n) is 15.9. The minimum absolute atomic E-state index is 0.0244. The molecule has 0 radical (unpaired) electrons. The Labute approximate surface area is 159 Å². The molecule has 27 heavy (non-hydrogen) atoms. The van der Waals surface area contributed by atoms with Crippen molar-refractivity contribution in [2.24, 2.45) is 0 Å². The van der Waals surface area contributed by atoms with Crippen molar-refractivity contribution in [3.63, 3.8) is 0 Å². The molecule has 0 spiro atoms. The van der Waals surface area contributed by atoms with Gasteiger partial charge in [-0.15, -0.1) is 0 Å². The van der Waals surface area contributed by atoms with Crippen LogP contribution in [0.4, 0.5) is 5.69 Å². The SMILES string of the molecule is COCCn1cnc2cc(N3CCN(C4CCCC4O)CC3)ccc2c1=O. The highest BCUT2D eigenvalue weighted by Crippen LogP contribution is 2.27. The fourth-order valence-corrected chi connectivity index (χ4v) is 4.35. The molecule has 7 nitrogen and oxygen atoms in total. The maximum atomic E-state index is 12.6. The van der Waals surface area contributed by atoms with E-state index in [1.54, 1.807) is 18.0 Å². The van der Waals surface area contributed by atoms with Crippen LogP contribution in [0.5, 0.6) is 0 Å². The Morgan fingerprint density at radius 3 is 2.74 bits per heavy atom. The highest BCUT2D eigenvalue weighted by Gasteiger charge is 2.32. The summed E-state index contributed by atoms with van der Waals surface area (Å²) in [4.78, 5) is 21.8. The van der Waals surface area contributed by atoms with Gasteiger partial charge < -0.3 is 14.7 Å². The number of methoxy groups -OCH3 is 1. The Hall–Kier alpha value is -1.96. The molecule has 2 aliphatic rings. The first-order valence-corrected chi connectivity index (χ1v) is 9.82. The van der Waals surface area contributed by atoms with Gasteiger partial charge in [0.05, 0.1) is 36.5 Å². The van der Waals surface area contributed by atoms with Gasteiger partial charge in [0, 0.05) is 45.0 Å². The van der Waals surface area contributed by atoms with Crippen molar-refractivity contribution >= 4 is 16.6 Å². The van der Waals surface area contributed by atoms with Crippen LogP contribution in [0.15, 0.2) is 29.3 Å². The summed E-state index contributed by atoms with van der Waals surface area (Å²) in [5.41, 5.74) is 1.82. The average molecular weight is 372 g/mol. The van der Waals surface area contributed by atoms with Crippen LogP contribution in [0, 0.1) is 0 Å². The lowest BCUT2D eigenvalue weighted by Gasteiger charge is -2.40. The lowest BCUT2D eigenvalue weighted by atomic mass is 10.1. The zero-order chi connectivity index (χ0) is 18.8. The molecule has 2 aromatic rings. The molecule has 1 aliphatic carbocycles. The predicted molar refractivity (Wildman–Crippen MR) is 105 cm³/mol. The number of anilines is 1. The molecule has 2 unspecified atom stereocenters. The van der Waals surface area contributed by atoms with Crippen LogP contribution in [0.3, 0.4) is 0 Å². The van der Waals surface area contributed by atoms with Gasteiger partial charge in [-0.1, -0.05) is 0 Å². The third-order valence-corrected chi connectivity index (χ3v) is 5.94. The molecule has 2 fully saturated rings. The second-order valence-corrected chi connectivity index (χ2v) is 7.53. The van der Waals surface area contributed by atoms with Gasteiger partial charge in [0.25, 0.3) is 5.56 Å². The Balaban J connectivity index is 1.47. The summed E-state index contributed by atoms with van der Waals surface area (Å²) >= 11 is 0. The first-order chi connectivity index (χ1) is 13.2. The molecule has 1 aromatic heterocycles. The van der Waals surface area contributed by atoms with Gasteiger partial charge in [-0.2, -0.15) is 0 Å². The Kier molecular flexibility index (Phi) is 5.43. The van der Waals surface area contributed by atoms with Crippen molar-refractivity contribution < 1.29 is 9.84 Å². The number of nitrogens with zero attached hydrogens (tertiary/aromatic N) is 4. The van der Waals surface area contributed by atoms with E-state index in [2.05, 4.69) is 14.8 Å². The van der Waals surface area contributed by atoms with Gasteiger partial charge >= 0.3 is 0 Å². The smallest absolute Gasteiger partial charge is 0.261 e. The third kappa shape index (κ3) is 3.72. The van der Waals surface area contributed by atoms with E-state index in [0.29, 0.717) is 24.6 Å². The number of hydrogen-bond acceptors (Lipinski definition) is 6. The molecular formula is C20H28N4O3. The molecule has 1 aromatic carbocycles. The molecule has 0 bridgehead atoms. The molecular weight excluding hydrogens is 344 g/mol. The molecule has 1 saturated heterocycles. The summed E-state index contributed by atoms with van der Waals surface area (Å²) in [5, 5.41) is 10.8. The highest BCUT2D eigenvalue weighted by atomic mass is 16.5. The molecule has 2 heterocycles. The van der Waals surface area contributed by atoms with E-state index in [-0.39, 0.29) is 11.7 Å². The number of fused-ring (bicyclic) bond motifs is 1. The maximum absolute atomic E-state index is 12.6. The summed E-state index contributed by atoms with van der Waals surface area (Å²) in [7, 11) is 1.62. The van der Waals surface area contributed by atoms with E-state index in [9.17, 15) is 9.90 Å². The van der Waals surface area contributed by atoms with Crippen molar-refractivity contribution in [2.75, 3.05) is 44.8 Å². The van der Waals surface area contributed by atoms with E-state index >= 15 is 0 Å². The van der Waals surface area contributed by atoms with Gasteiger partial charge in [-0.05, 0) is 37.5 Å². The van der Waals surface area contributed by atoms with Crippen molar-refractivity contribution in [3.8, 4) is 0 Å². The lowest BCUT2D eigenvalue weighted by Crippen LogP contribution is -2.52. The predicted octanol–water partition coefficient (Wildman–Crippen LogP) is 1.08. The number of hydrogen-bond donors (Lipinski definition) is 1. The van der Waals surface area contributed by atoms with Crippen molar-refractivity contribution in [2.45, 2.75) is 38.0 Å². The molecule has 4 rings (SSSR count). The molecule has 1 N–H and O–H groups in total. The van der Waals surface area contributed by atoms with Crippen molar-refractivity contribution in [1.82, 2.24) is 14.5 Å². The largest absolute Gasteiger partial charge is 0.391 e. The van der Waals surface area contributed by atoms with Crippen molar-refractivity contribution in [3.05, 3.63) is 34.9 Å². The summed E-state index contributed by atoms with van der Waals surface area (Å²) in [5.74, 6) is 0. The van der Waals surface area contributed by atoms with Crippen LogP contribution in [0.1, 0.15) is 19.3 Å². The third-order valence-electron chi connectivity index (χ3n) is 5.94. The van der Waals surface area contributed by atoms with Crippen LogP contribution in [-0.4, -0.2) is 71.6 Å². The fraction of sp³-hybridized carbons (Fsp3) is 0.600. The quantitative estimate of drug-likeness (QED) is 0.847. The van der Waals surface area contributed by atoms with Crippen LogP contribution in [-0.2, 0) is 11.3 Å². The fourth-order valence-electron chi connectivity index (χ4n) is 4.35. The molecule has 146 valence electrons. The standard InChI is InChI=1S/C20H28N4O3/c1-27-12-11-24-14-21-17-13-15(5-6-16(17)20(24)26)22-7-9-23(10-8-22)18-3-2-4-19(18)25/h5-6,13-14,18-19,25H,2-4,7-12H2,1H3. The summed E-state index contributed by atoms with van der Waals surface area (Å²) in [6.45, 7) is 4.79. The van der Waals surface area contributed by atoms with Gasteiger partial charge in [-0.25, -0.2) is 4.98 Å². The maximum Gasteiger partial charge on any atom is 0.261 e. The summed E-state index contributed by atoms with van der Waals surface area (Å²) in [6, 6.07) is 6.25. The lowest BCUT2D eigenvalue weighted by molar-refractivity contribution is 0.0671. The summed E-state index contributed by atoms with van der Waals surface area (Å²) in [6.07, 6.45) is 4.61. The topological polar surface area (TPSA) is 70.8 Å². The van der Waals surface area contributed by atoms with Gasteiger partial charge in [0.15, 0.2) is 0 Å². The number of aliphatic hydroxyl groups excluding tert-OH is 1. The van der Waals surface area contributed by atoms with Crippen LogP contribution in [0.25, 0.3) is 10.9 Å². The molecule has 1 aliphatic heterocycles. The van der Waals surface area contributed by atoms with E-state index in [4.69, 9.17) is 4.74 Å². The normalized spacial score (nSPS) is 24.0. The van der Waals surface area contributed by atoms with Gasteiger partial charge in [-0.3, -0.25) is 14.3 Å². The first kappa shape index (κ1) is 18.4. The molecule has 7 heteroatoms. The first-order valence-electron chi connectivity index (χ1n) is 9.82. The van der Waals surface area contributed by atoms with E-state index in [1.807, 2.05) is 18.2 Å². The monoisotopic (exact) mass is 372 g/mol. The van der Waals surface area contributed by atoms with E-state index < -0.39 is 0 Å². The second kappa shape index (κ2) is 7.96. The zero-order valence-corrected chi connectivity index (χ0v) is 15.9. The number of ether oxygens (including phenoxy) is 1. The van der Waals surface area contributed by atoms with Crippen LogP contribution < -0.4 is 10.5 Å². The molecule has 2 atom stereocenters. The highest BCUT2D eigenvalue weighted by molar-refractivity contribution is 5.81. The Morgan fingerprint density at radius 1 is 1.22 bits per heavy atom. The Morgan fingerprint density at radius 2 is 2.04 bits per heavy atom. The minimum atomic E-state index is -0.165. The second-order valence-electron chi connectivity index (χ2n) is 7.53. The number of piperazine rings is 1. The van der Waals surface area contributed by atoms with E-state index in [1.165, 1.54) is 0 Å². The number of aliphatic hydroxyl groups is 1. The number of aromatic nitrogens is 2. The van der Waals surface area contributed by atoms with Gasteiger partial charge in [0.1, 0.15) is 0 Å². The number of benzene rings is 1. The Bertz CT molecular complexity index is 845. The summed E-state index contributed by atoms with van der Waals surface area (Å²) < 4.78 is 6.64. The van der Waals surface area contributed by atoms with Crippen molar-refractivity contribution in [1.29, 1.82) is 0 Å². The van der Waals surface area contributed by atoms with Crippen LogP contribution >= 0.6 is 0 Å². The minimum Gasteiger partial charge on any atom is -0.391 e. The van der Waals surface area contributed by atoms with E-state index in [0.717, 1.165) is 56.6 Å². The van der Waals surface area contributed by atoms with Crippen LogP contribution in [0.2, 0.25) is 0 Å².